The van der Waals surface area contributed by atoms with E-state index >= 15 is 0 Å². The minimum absolute atomic E-state index is 0.403. The van der Waals surface area contributed by atoms with Gasteiger partial charge in [-0.1, -0.05) is 13.0 Å². The zero-order valence-corrected chi connectivity index (χ0v) is 9.34. The van der Waals surface area contributed by atoms with Crippen LogP contribution in [-0.2, 0) is 0 Å². The van der Waals surface area contributed by atoms with Crippen LogP contribution in [-0.4, -0.2) is 11.8 Å². The zero-order chi connectivity index (χ0) is 10.6. The van der Waals surface area contributed by atoms with Crippen molar-refractivity contribution >= 4 is 5.71 Å². The highest BCUT2D eigenvalue weighted by atomic mass is 14.6. The first-order chi connectivity index (χ1) is 6.65. The third kappa shape index (κ3) is 2.95. The van der Waals surface area contributed by atoms with Gasteiger partial charge in [-0.25, -0.2) is 0 Å². The zero-order valence-electron chi connectivity index (χ0n) is 9.34. The Morgan fingerprint density at radius 2 is 1.93 bits per heavy atom. The standard InChI is InChI=1S/C12H22N2/c1-3-4-12(9(2)13)10-5-7-11(14)8-6-10/h4,10-11,13H,3,5-8,14H2,1-2H3/b12-4+,13-9?. The van der Waals surface area contributed by atoms with E-state index in [4.69, 9.17) is 11.1 Å². The Hall–Kier alpha value is -0.630. The van der Waals surface area contributed by atoms with Crippen LogP contribution in [0.5, 0.6) is 0 Å². The summed E-state index contributed by atoms with van der Waals surface area (Å²) in [6.07, 6.45) is 7.84. The highest BCUT2D eigenvalue weighted by molar-refractivity contribution is 5.96. The first-order valence-corrected chi connectivity index (χ1v) is 5.66. The molecular weight excluding hydrogens is 172 g/mol. The summed E-state index contributed by atoms with van der Waals surface area (Å²) < 4.78 is 0. The van der Waals surface area contributed by atoms with Gasteiger partial charge in [0.05, 0.1) is 0 Å². The van der Waals surface area contributed by atoms with Crippen molar-refractivity contribution in [2.24, 2.45) is 11.7 Å². The van der Waals surface area contributed by atoms with Crippen molar-refractivity contribution in [1.29, 1.82) is 5.41 Å². The topological polar surface area (TPSA) is 49.9 Å². The van der Waals surface area contributed by atoms with Gasteiger partial charge < -0.3 is 11.1 Å². The molecule has 0 amide bonds. The maximum Gasteiger partial charge on any atom is 0.0314 e. The molecule has 0 atom stereocenters. The van der Waals surface area contributed by atoms with Crippen molar-refractivity contribution in [2.45, 2.75) is 52.0 Å². The van der Waals surface area contributed by atoms with Crippen LogP contribution in [0.4, 0.5) is 0 Å². The third-order valence-electron chi connectivity index (χ3n) is 3.07. The molecule has 80 valence electrons. The van der Waals surface area contributed by atoms with E-state index in [1.165, 1.54) is 18.4 Å². The van der Waals surface area contributed by atoms with Crippen LogP contribution in [0.1, 0.15) is 46.0 Å². The van der Waals surface area contributed by atoms with Crippen molar-refractivity contribution in [3.05, 3.63) is 11.6 Å². The van der Waals surface area contributed by atoms with Crippen LogP contribution < -0.4 is 5.73 Å². The van der Waals surface area contributed by atoms with E-state index < -0.39 is 0 Å². The smallest absolute Gasteiger partial charge is 0.0314 e. The molecule has 0 heterocycles. The molecule has 2 heteroatoms. The maximum atomic E-state index is 7.74. The molecule has 3 N–H and O–H groups in total. The molecule has 0 bridgehead atoms. The number of nitrogens with one attached hydrogen (secondary N) is 1. The van der Waals surface area contributed by atoms with Gasteiger partial charge in [-0.2, -0.15) is 0 Å². The van der Waals surface area contributed by atoms with Gasteiger partial charge in [0.1, 0.15) is 0 Å². The maximum absolute atomic E-state index is 7.74. The lowest BCUT2D eigenvalue weighted by Gasteiger charge is -2.28. The van der Waals surface area contributed by atoms with Crippen LogP contribution in [0, 0.1) is 11.3 Å². The molecule has 1 saturated carbocycles. The first-order valence-electron chi connectivity index (χ1n) is 5.66. The minimum Gasteiger partial charge on any atom is -0.328 e. The molecular formula is C12H22N2. The molecule has 1 aliphatic rings. The van der Waals surface area contributed by atoms with E-state index in [1.807, 2.05) is 6.92 Å². The lowest BCUT2D eigenvalue weighted by atomic mass is 9.80. The van der Waals surface area contributed by atoms with Crippen molar-refractivity contribution in [3.63, 3.8) is 0 Å². The molecule has 1 rings (SSSR count). The van der Waals surface area contributed by atoms with Gasteiger partial charge in [0, 0.05) is 11.8 Å². The molecule has 0 aromatic carbocycles. The first kappa shape index (κ1) is 11.4. The summed E-state index contributed by atoms with van der Waals surface area (Å²) in [7, 11) is 0. The molecule has 14 heavy (non-hydrogen) atoms. The summed E-state index contributed by atoms with van der Waals surface area (Å²) >= 11 is 0. The molecule has 0 aromatic heterocycles. The molecule has 0 spiro atoms. The van der Waals surface area contributed by atoms with Crippen LogP contribution >= 0.6 is 0 Å². The monoisotopic (exact) mass is 194 g/mol. The average molecular weight is 194 g/mol. The van der Waals surface area contributed by atoms with E-state index in [2.05, 4.69) is 13.0 Å². The molecule has 2 nitrogen and oxygen atoms in total. The van der Waals surface area contributed by atoms with E-state index in [9.17, 15) is 0 Å². The second-order valence-electron chi connectivity index (χ2n) is 4.30. The number of nitrogens with two attached hydrogens (primary N) is 1. The summed E-state index contributed by atoms with van der Waals surface area (Å²) in [4.78, 5) is 0. The van der Waals surface area contributed by atoms with Crippen molar-refractivity contribution in [3.8, 4) is 0 Å². The number of allylic oxidation sites excluding steroid dienone is 2. The van der Waals surface area contributed by atoms with Gasteiger partial charge in [-0.15, -0.1) is 0 Å². The van der Waals surface area contributed by atoms with E-state index in [0.717, 1.165) is 25.0 Å². The summed E-state index contributed by atoms with van der Waals surface area (Å²) in [6, 6.07) is 0.403. The number of rotatable bonds is 3. The SMILES string of the molecule is CC/C=C(\C(C)=N)C1CCC(N)CC1. The van der Waals surface area contributed by atoms with Gasteiger partial charge in [0.2, 0.25) is 0 Å². The highest BCUT2D eigenvalue weighted by Gasteiger charge is 2.22. The minimum atomic E-state index is 0.403. The largest absolute Gasteiger partial charge is 0.328 e. The van der Waals surface area contributed by atoms with Gasteiger partial charge >= 0.3 is 0 Å². The molecule has 1 aliphatic carbocycles. The van der Waals surface area contributed by atoms with E-state index in [0.29, 0.717) is 12.0 Å². The van der Waals surface area contributed by atoms with Gasteiger partial charge in [0.25, 0.3) is 0 Å². The van der Waals surface area contributed by atoms with Gasteiger partial charge in [0.15, 0.2) is 0 Å². The molecule has 0 unspecified atom stereocenters. The Labute approximate surface area is 87.1 Å². The Morgan fingerprint density at radius 3 is 2.36 bits per heavy atom. The van der Waals surface area contributed by atoms with Crippen LogP contribution in [0.15, 0.2) is 11.6 Å². The normalized spacial score (nSPS) is 28.9. The summed E-state index contributed by atoms with van der Waals surface area (Å²) in [5, 5.41) is 7.74. The second-order valence-corrected chi connectivity index (χ2v) is 4.30. The third-order valence-corrected chi connectivity index (χ3v) is 3.07. The summed E-state index contributed by atoms with van der Waals surface area (Å²) in [5.41, 5.74) is 7.88. The fraction of sp³-hybridized carbons (Fsp3) is 0.750. The Kier molecular flexibility index (Phi) is 4.33. The average Bonchev–Trinajstić information content (AvgIpc) is 2.15. The quantitative estimate of drug-likeness (QED) is 0.667. The molecule has 1 fully saturated rings. The summed E-state index contributed by atoms with van der Waals surface area (Å²) in [6.45, 7) is 4.04. The van der Waals surface area contributed by atoms with Gasteiger partial charge in [-0.05, 0) is 50.5 Å². The lowest BCUT2D eigenvalue weighted by Crippen LogP contribution is -2.28. The molecule has 0 aliphatic heterocycles. The van der Waals surface area contributed by atoms with Crippen molar-refractivity contribution < 1.29 is 0 Å². The Balaban J connectivity index is 2.61. The van der Waals surface area contributed by atoms with E-state index in [1.54, 1.807) is 0 Å². The van der Waals surface area contributed by atoms with E-state index in [-0.39, 0.29) is 0 Å². The van der Waals surface area contributed by atoms with Gasteiger partial charge in [-0.3, -0.25) is 0 Å². The van der Waals surface area contributed by atoms with Crippen molar-refractivity contribution in [1.82, 2.24) is 0 Å². The molecule has 0 saturated heterocycles. The Morgan fingerprint density at radius 1 is 1.36 bits per heavy atom. The fourth-order valence-corrected chi connectivity index (χ4v) is 2.28. The molecule has 0 aromatic rings. The Bertz CT molecular complexity index is 222. The molecule has 0 radical (unpaired) electrons. The lowest BCUT2D eigenvalue weighted by molar-refractivity contribution is 0.368. The summed E-state index contributed by atoms with van der Waals surface area (Å²) in [5.74, 6) is 0.604. The van der Waals surface area contributed by atoms with Crippen molar-refractivity contribution in [2.75, 3.05) is 0 Å². The van der Waals surface area contributed by atoms with Crippen LogP contribution in [0.2, 0.25) is 0 Å². The predicted octanol–water partition coefficient (Wildman–Crippen LogP) is 2.88. The predicted molar refractivity (Wildman–Crippen MR) is 61.7 cm³/mol. The number of hydrogen-bond donors (Lipinski definition) is 2. The van der Waals surface area contributed by atoms with Crippen LogP contribution in [0.25, 0.3) is 0 Å². The second kappa shape index (κ2) is 5.30. The van der Waals surface area contributed by atoms with Crippen LogP contribution in [0.3, 0.4) is 0 Å². The fourth-order valence-electron chi connectivity index (χ4n) is 2.28. The number of hydrogen-bond acceptors (Lipinski definition) is 2. The highest BCUT2D eigenvalue weighted by Crippen LogP contribution is 2.30.